The van der Waals surface area contributed by atoms with Crippen molar-refractivity contribution in [2.45, 2.75) is 33.9 Å². The van der Waals surface area contributed by atoms with Crippen molar-refractivity contribution in [3.05, 3.63) is 21.9 Å². The molecule has 0 saturated carbocycles. The Morgan fingerprint density at radius 3 is 2.68 bits per heavy atom. The maximum Gasteiger partial charge on any atom is 0.0589 e. The van der Waals surface area contributed by atoms with Gasteiger partial charge < -0.3 is 10.1 Å². The summed E-state index contributed by atoms with van der Waals surface area (Å²) in [6.07, 6.45) is 0. The van der Waals surface area contributed by atoms with Gasteiger partial charge in [0.25, 0.3) is 0 Å². The second-order valence-electron chi connectivity index (χ2n) is 5.27. The zero-order valence-corrected chi connectivity index (χ0v) is 13.6. The van der Waals surface area contributed by atoms with Crippen LogP contribution in [0.2, 0.25) is 0 Å². The maximum absolute atomic E-state index is 5.20. The lowest BCUT2D eigenvalue weighted by molar-refractivity contribution is 0.136. The summed E-state index contributed by atoms with van der Waals surface area (Å²) in [4.78, 5) is 5.36. The van der Waals surface area contributed by atoms with Crippen LogP contribution in [0, 0.1) is 5.92 Å². The first kappa shape index (κ1) is 16.6. The summed E-state index contributed by atoms with van der Waals surface area (Å²) in [5.74, 6) is 0.693. The Morgan fingerprint density at radius 2 is 2.05 bits per heavy atom. The standard InChI is InChI=1S/C15H28N2OS/c1-5-16-10-14-6-7-15(19-14)12-17(8-9-18-4)11-13(2)3/h6-7,13,16H,5,8-12H2,1-4H3. The number of hydrogen-bond donors (Lipinski definition) is 1. The maximum atomic E-state index is 5.20. The van der Waals surface area contributed by atoms with Crippen LogP contribution in [0.3, 0.4) is 0 Å². The molecule has 110 valence electrons. The topological polar surface area (TPSA) is 24.5 Å². The fraction of sp³-hybridized carbons (Fsp3) is 0.733. The highest BCUT2D eigenvalue weighted by Gasteiger charge is 2.09. The average Bonchev–Trinajstić information content (AvgIpc) is 2.80. The molecule has 0 radical (unpaired) electrons. The van der Waals surface area contributed by atoms with E-state index in [1.165, 1.54) is 9.75 Å². The van der Waals surface area contributed by atoms with E-state index in [1.54, 1.807) is 7.11 Å². The lowest BCUT2D eigenvalue weighted by atomic mass is 10.2. The van der Waals surface area contributed by atoms with E-state index in [-0.39, 0.29) is 0 Å². The molecule has 0 fully saturated rings. The smallest absolute Gasteiger partial charge is 0.0589 e. The summed E-state index contributed by atoms with van der Waals surface area (Å²) in [6.45, 7) is 12.7. The molecule has 0 aromatic carbocycles. The molecule has 0 aliphatic rings. The van der Waals surface area contributed by atoms with Crippen molar-refractivity contribution >= 4 is 11.3 Å². The van der Waals surface area contributed by atoms with Crippen LogP contribution in [0.15, 0.2) is 12.1 Å². The van der Waals surface area contributed by atoms with Gasteiger partial charge in [-0.2, -0.15) is 0 Å². The Bertz CT molecular complexity index is 339. The van der Waals surface area contributed by atoms with E-state index in [4.69, 9.17) is 4.74 Å². The third kappa shape index (κ3) is 7.06. The molecule has 1 aromatic heterocycles. The van der Waals surface area contributed by atoms with Crippen molar-refractivity contribution in [3.8, 4) is 0 Å². The molecule has 0 unspecified atom stereocenters. The molecule has 0 spiro atoms. The predicted octanol–water partition coefficient (Wildman–Crippen LogP) is 2.96. The molecule has 0 aliphatic carbocycles. The third-order valence-corrected chi connectivity index (χ3v) is 3.95. The first-order chi connectivity index (χ1) is 9.15. The minimum atomic E-state index is 0.693. The average molecular weight is 284 g/mol. The number of thiophene rings is 1. The Morgan fingerprint density at radius 1 is 1.32 bits per heavy atom. The number of rotatable bonds is 10. The third-order valence-electron chi connectivity index (χ3n) is 2.88. The molecule has 1 heterocycles. The van der Waals surface area contributed by atoms with Crippen LogP contribution in [-0.2, 0) is 17.8 Å². The van der Waals surface area contributed by atoms with Crippen molar-refractivity contribution in [2.24, 2.45) is 5.92 Å². The Balaban J connectivity index is 2.49. The van der Waals surface area contributed by atoms with Gasteiger partial charge in [-0.15, -0.1) is 11.3 Å². The van der Waals surface area contributed by atoms with Crippen LogP contribution in [0.5, 0.6) is 0 Å². The van der Waals surface area contributed by atoms with E-state index >= 15 is 0 Å². The minimum absolute atomic E-state index is 0.693. The van der Waals surface area contributed by atoms with Crippen molar-refractivity contribution < 1.29 is 4.74 Å². The molecular weight excluding hydrogens is 256 g/mol. The monoisotopic (exact) mass is 284 g/mol. The van der Waals surface area contributed by atoms with Crippen molar-refractivity contribution in [1.82, 2.24) is 10.2 Å². The lowest BCUT2D eigenvalue weighted by Gasteiger charge is -2.23. The molecule has 0 aliphatic heterocycles. The molecule has 4 heteroatoms. The minimum Gasteiger partial charge on any atom is -0.383 e. The molecule has 3 nitrogen and oxygen atoms in total. The SMILES string of the molecule is CCNCc1ccc(CN(CCOC)CC(C)C)s1. The number of nitrogens with zero attached hydrogens (tertiary/aromatic N) is 1. The summed E-state index contributed by atoms with van der Waals surface area (Å²) in [7, 11) is 1.77. The van der Waals surface area contributed by atoms with Gasteiger partial charge in [0.05, 0.1) is 6.61 Å². The van der Waals surface area contributed by atoms with E-state index < -0.39 is 0 Å². The summed E-state index contributed by atoms with van der Waals surface area (Å²) in [5.41, 5.74) is 0. The highest BCUT2D eigenvalue weighted by Crippen LogP contribution is 2.18. The predicted molar refractivity (Wildman–Crippen MR) is 83.7 cm³/mol. The molecule has 1 N–H and O–H groups in total. The van der Waals surface area contributed by atoms with Crippen LogP contribution >= 0.6 is 11.3 Å². The van der Waals surface area contributed by atoms with Crippen molar-refractivity contribution in [1.29, 1.82) is 0 Å². The van der Waals surface area contributed by atoms with Crippen LogP contribution in [0.1, 0.15) is 30.5 Å². The second kappa shape index (κ2) is 9.48. The fourth-order valence-corrected chi connectivity index (χ4v) is 3.07. The molecule has 0 atom stereocenters. The highest BCUT2D eigenvalue weighted by atomic mass is 32.1. The Kier molecular flexibility index (Phi) is 8.30. The molecule has 0 bridgehead atoms. The van der Waals surface area contributed by atoms with Crippen LogP contribution < -0.4 is 5.32 Å². The van der Waals surface area contributed by atoms with Gasteiger partial charge in [0.15, 0.2) is 0 Å². The number of nitrogens with one attached hydrogen (secondary N) is 1. The zero-order valence-electron chi connectivity index (χ0n) is 12.7. The van der Waals surface area contributed by atoms with E-state index in [9.17, 15) is 0 Å². The van der Waals surface area contributed by atoms with Gasteiger partial charge in [-0.3, -0.25) is 4.90 Å². The van der Waals surface area contributed by atoms with Crippen LogP contribution in [0.4, 0.5) is 0 Å². The molecule has 1 aromatic rings. The van der Waals surface area contributed by atoms with Crippen molar-refractivity contribution in [3.63, 3.8) is 0 Å². The largest absolute Gasteiger partial charge is 0.383 e. The quantitative estimate of drug-likeness (QED) is 0.715. The Labute approximate surface area is 122 Å². The van der Waals surface area contributed by atoms with Crippen LogP contribution in [0.25, 0.3) is 0 Å². The summed E-state index contributed by atoms with van der Waals surface area (Å²) < 4.78 is 5.20. The van der Waals surface area contributed by atoms with Gasteiger partial charge in [0.1, 0.15) is 0 Å². The van der Waals surface area contributed by atoms with E-state index in [0.717, 1.165) is 39.3 Å². The zero-order chi connectivity index (χ0) is 14.1. The summed E-state index contributed by atoms with van der Waals surface area (Å²) >= 11 is 1.92. The molecule has 0 saturated heterocycles. The van der Waals surface area contributed by atoms with E-state index in [1.807, 2.05) is 11.3 Å². The van der Waals surface area contributed by atoms with Gasteiger partial charge in [-0.25, -0.2) is 0 Å². The second-order valence-corrected chi connectivity index (χ2v) is 6.52. The number of hydrogen-bond acceptors (Lipinski definition) is 4. The highest BCUT2D eigenvalue weighted by molar-refractivity contribution is 7.11. The normalized spacial score (nSPS) is 11.7. The Hall–Kier alpha value is -0.420. The first-order valence-corrected chi connectivity index (χ1v) is 7.97. The molecule has 0 amide bonds. The fourth-order valence-electron chi connectivity index (χ4n) is 2.04. The van der Waals surface area contributed by atoms with E-state index in [2.05, 4.69) is 43.1 Å². The number of methoxy groups -OCH3 is 1. The van der Waals surface area contributed by atoms with E-state index in [0.29, 0.717) is 5.92 Å². The van der Waals surface area contributed by atoms with Gasteiger partial charge in [0, 0.05) is 43.0 Å². The summed E-state index contributed by atoms with van der Waals surface area (Å²) in [6, 6.07) is 4.50. The van der Waals surface area contributed by atoms with Gasteiger partial charge in [0.2, 0.25) is 0 Å². The van der Waals surface area contributed by atoms with Gasteiger partial charge in [-0.05, 0) is 24.6 Å². The number of ether oxygens (including phenoxy) is 1. The lowest BCUT2D eigenvalue weighted by Crippen LogP contribution is -2.30. The first-order valence-electron chi connectivity index (χ1n) is 7.15. The molecule has 1 rings (SSSR count). The summed E-state index contributed by atoms with van der Waals surface area (Å²) in [5, 5.41) is 3.37. The van der Waals surface area contributed by atoms with Crippen molar-refractivity contribution in [2.75, 3.05) is 33.4 Å². The van der Waals surface area contributed by atoms with Crippen LogP contribution in [-0.4, -0.2) is 38.3 Å². The van der Waals surface area contributed by atoms with Gasteiger partial charge >= 0.3 is 0 Å². The van der Waals surface area contributed by atoms with Gasteiger partial charge in [-0.1, -0.05) is 20.8 Å². The molecule has 19 heavy (non-hydrogen) atoms. The molecular formula is C15H28N2OS.